The molecule has 0 radical (unpaired) electrons. The Morgan fingerprint density at radius 3 is 2.79 bits per heavy atom. The van der Waals surface area contributed by atoms with Gasteiger partial charge in [0.15, 0.2) is 0 Å². The SMILES string of the molecule is CN(Cc1csc(Br)c1)c1ccc(F)cc1C(=N)N. The van der Waals surface area contributed by atoms with Crippen molar-refractivity contribution in [2.75, 3.05) is 11.9 Å². The molecular formula is C13H13BrFN3S. The van der Waals surface area contributed by atoms with Crippen LogP contribution in [0.3, 0.4) is 0 Å². The smallest absolute Gasteiger partial charge is 0.125 e. The first-order chi connectivity index (χ1) is 8.97. The van der Waals surface area contributed by atoms with Gasteiger partial charge in [-0.1, -0.05) is 0 Å². The van der Waals surface area contributed by atoms with Crippen LogP contribution in [0.25, 0.3) is 0 Å². The fraction of sp³-hybridized carbons (Fsp3) is 0.154. The predicted molar refractivity (Wildman–Crippen MR) is 81.5 cm³/mol. The molecule has 6 heteroatoms. The number of benzene rings is 1. The zero-order valence-corrected chi connectivity index (χ0v) is 12.7. The van der Waals surface area contributed by atoms with E-state index in [1.54, 1.807) is 17.4 Å². The van der Waals surface area contributed by atoms with E-state index in [1.165, 1.54) is 12.1 Å². The van der Waals surface area contributed by atoms with Gasteiger partial charge in [-0.25, -0.2) is 4.39 Å². The number of hydrogen-bond acceptors (Lipinski definition) is 3. The molecule has 0 saturated carbocycles. The molecule has 1 heterocycles. The number of nitrogens with zero attached hydrogens (tertiary/aromatic N) is 1. The van der Waals surface area contributed by atoms with Gasteiger partial charge >= 0.3 is 0 Å². The fourth-order valence-corrected chi connectivity index (χ4v) is 3.04. The van der Waals surface area contributed by atoms with E-state index < -0.39 is 0 Å². The number of nitrogen functional groups attached to an aromatic ring is 1. The van der Waals surface area contributed by atoms with Gasteiger partial charge in [0.2, 0.25) is 0 Å². The molecule has 0 aliphatic rings. The van der Waals surface area contributed by atoms with Crippen LogP contribution in [0.15, 0.2) is 33.4 Å². The second kappa shape index (κ2) is 5.71. The normalized spacial score (nSPS) is 10.5. The molecule has 0 fully saturated rings. The van der Waals surface area contributed by atoms with Gasteiger partial charge in [-0.3, -0.25) is 5.41 Å². The molecule has 0 unspecified atom stereocenters. The summed E-state index contributed by atoms with van der Waals surface area (Å²) in [4.78, 5) is 1.95. The zero-order valence-electron chi connectivity index (χ0n) is 10.3. The van der Waals surface area contributed by atoms with E-state index in [9.17, 15) is 4.39 Å². The second-order valence-corrected chi connectivity index (χ2v) is 6.48. The van der Waals surface area contributed by atoms with Crippen LogP contribution in [0.4, 0.5) is 10.1 Å². The maximum Gasteiger partial charge on any atom is 0.125 e. The number of thiophene rings is 1. The third-order valence-electron chi connectivity index (χ3n) is 2.70. The number of nitrogens with one attached hydrogen (secondary N) is 1. The highest BCUT2D eigenvalue weighted by Gasteiger charge is 2.12. The van der Waals surface area contributed by atoms with Gasteiger partial charge in [0.1, 0.15) is 11.7 Å². The molecule has 0 aliphatic carbocycles. The van der Waals surface area contributed by atoms with Crippen LogP contribution in [0.2, 0.25) is 0 Å². The van der Waals surface area contributed by atoms with Gasteiger partial charge in [-0.05, 0) is 51.1 Å². The van der Waals surface area contributed by atoms with Crippen molar-refractivity contribution in [2.45, 2.75) is 6.54 Å². The Labute approximate surface area is 123 Å². The van der Waals surface area contributed by atoms with Crippen LogP contribution in [-0.4, -0.2) is 12.9 Å². The molecule has 0 atom stereocenters. The quantitative estimate of drug-likeness (QED) is 0.659. The predicted octanol–water partition coefficient (Wildman–Crippen LogP) is 3.57. The van der Waals surface area contributed by atoms with E-state index in [-0.39, 0.29) is 11.7 Å². The van der Waals surface area contributed by atoms with Crippen molar-refractivity contribution in [3.05, 3.63) is 50.4 Å². The van der Waals surface area contributed by atoms with Gasteiger partial charge in [0.25, 0.3) is 0 Å². The van der Waals surface area contributed by atoms with E-state index in [1.807, 2.05) is 18.0 Å². The highest BCUT2D eigenvalue weighted by molar-refractivity contribution is 9.11. The highest BCUT2D eigenvalue weighted by atomic mass is 79.9. The average molecular weight is 342 g/mol. The summed E-state index contributed by atoms with van der Waals surface area (Å²) in [6.07, 6.45) is 0. The molecule has 0 amide bonds. The number of hydrogen-bond donors (Lipinski definition) is 2. The minimum absolute atomic E-state index is 0.132. The van der Waals surface area contributed by atoms with Crippen LogP contribution in [-0.2, 0) is 6.54 Å². The Hall–Kier alpha value is -1.40. The van der Waals surface area contributed by atoms with Crippen molar-refractivity contribution in [2.24, 2.45) is 5.73 Å². The van der Waals surface area contributed by atoms with E-state index >= 15 is 0 Å². The number of rotatable bonds is 4. The van der Waals surface area contributed by atoms with Gasteiger partial charge in [-0.15, -0.1) is 11.3 Å². The first-order valence-corrected chi connectivity index (χ1v) is 7.22. The summed E-state index contributed by atoms with van der Waals surface area (Å²) in [6.45, 7) is 0.675. The summed E-state index contributed by atoms with van der Waals surface area (Å²) < 4.78 is 14.3. The number of nitrogens with two attached hydrogens (primary N) is 1. The standard InChI is InChI=1S/C13H13BrFN3S/c1-18(6-8-4-12(14)19-7-8)11-3-2-9(15)5-10(11)13(16)17/h2-5,7H,6H2,1H3,(H3,16,17). The first kappa shape index (κ1) is 14.0. The Morgan fingerprint density at radius 2 is 2.21 bits per heavy atom. The molecule has 3 N–H and O–H groups in total. The summed E-state index contributed by atoms with van der Waals surface area (Å²) in [5.74, 6) is -0.520. The summed E-state index contributed by atoms with van der Waals surface area (Å²) >= 11 is 5.04. The lowest BCUT2D eigenvalue weighted by atomic mass is 10.1. The largest absolute Gasteiger partial charge is 0.384 e. The number of anilines is 1. The van der Waals surface area contributed by atoms with Crippen molar-refractivity contribution in [3.63, 3.8) is 0 Å². The molecule has 0 saturated heterocycles. The lowest BCUT2D eigenvalue weighted by molar-refractivity contribution is 0.627. The molecule has 2 aromatic rings. The Balaban J connectivity index is 2.28. The lowest BCUT2D eigenvalue weighted by Crippen LogP contribution is -2.22. The van der Waals surface area contributed by atoms with Crippen molar-refractivity contribution in [3.8, 4) is 0 Å². The molecule has 0 bridgehead atoms. The third kappa shape index (κ3) is 3.33. The number of amidine groups is 1. The van der Waals surface area contributed by atoms with E-state index in [4.69, 9.17) is 11.1 Å². The van der Waals surface area contributed by atoms with E-state index in [2.05, 4.69) is 21.3 Å². The third-order valence-corrected chi connectivity index (χ3v) is 4.25. The lowest BCUT2D eigenvalue weighted by Gasteiger charge is -2.21. The summed E-state index contributed by atoms with van der Waals surface area (Å²) in [5, 5.41) is 9.58. The van der Waals surface area contributed by atoms with Crippen LogP contribution >= 0.6 is 27.3 Å². The maximum atomic E-state index is 13.2. The minimum Gasteiger partial charge on any atom is -0.384 e. The highest BCUT2D eigenvalue weighted by Crippen LogP contribution is 2.25. The van der Waals surface area contributed by atoms with Gasteiger partial charge in [-0.2, -0.15) is 0 Å². The van der Waals surface area contributed by atoms with Crippen molar-refractivity contribution in [1.29, 1.82) is 5.41 Å². The first-order valence-electron chi connectivity index (χ1n) is 5.55. The number of halogens is 2. The molecule has 19 heavy (non-hydrogen) atoms. The van der Waals surface area contributed by atoms with Crippen LogP contribution in [0.5, 0.6) is 0 Å². The molecule has 1 aromatic heterocycles. The van der Waals surface area contributed by atoms with Gasteiger partial charge in [0.05, 0.1) is 3.79 Å². The minimum atomic E-state index is -0.388. The van der Waals surface area contributed by atoms with Crippen LogP contribution in [0.1, 0.15) is 11.1 Å². The van der Waals surface area contributed by atoms with Gasteiger partial charge < -0.3 is 10.6 Å². The molecule has 3 nitrogen and oxygen atoms in total. The van der Waals surface area contributed by atoms with E-state index in [0.717, 1.165) is 15.0 Å². The Kier molecular flexibility index (Phi) is 4.21. The topological polar surface area (TPSA) is 53.1 Å². The average Bonchev–Trinajstić information content (AvgIpc) is 2.74. The van der Waals surface area contributed by atoms with Crippen LogP contribution < -0.4 is 10.6 Å². The summed E-state index contributed by atoms with van der Waals surface area (Å²) in [7, 11) is 1.89. The molecule has 2 rings (SSSR count). The second-order valence-electron chi connectivity index (χ2n) is 4.19. The fourth-order valence-electron chi connectivity index (χ4n) is 1.84. The molecule has 0 aliphatic heterocycles. The van der Waals surface area contributed by atoms with Crippen molar-refractivity contribution >= 4 is 38.8 Å². The van der Waals surface area contributed by atoms with Gasteiger partial charge in [0, 0.05) is 24.8 Å². The molecule has 1 aromatic carbocycles. The Morgan fingerprint density at radius 1 is 1.47 bits per heavy atom. The summed E-state index contributed by atoms with van der Waals surface area (Å²) in [6, 6.07) is 6.35. The molecular weight excluding hydrogens is 329 g/mol. The molecule has 100 valence electrons. The molecule has 0 spiro atoms. The van der Waals surface area contributed by atoms with E-state index in [0.29, 0.717) is 12.1 Å². The van der Waals surface area contributed by atoms with Crippen molar-refractivity contribution in [1.82, 2.24) is 0 Å². The Bertz CT molecular complexity index is 612. The van der Waals surface area contributed by atoms with Crippen molar-refractivity contribution < 1.29 is 4.39 Å². The summed E-state index contributed by atoms with van der Waals surface area (Å²) in [5.41, 5.74) is 7.81. The monoisotopic (exact) mass is 341 g/mol. The van der Waals surface area contributed by atoms with Crippen LogP contribution in [0, 0.1) is 11.2 Å². The zero-order chi connectivity index (χ0) is 14.0. The maximum absolute atomic E-state index is 13.2.